The van der Waals surface area contributed by atoms with Crippen molar-refractivity contribution in [1.29, 1.82) is 0 Å². The van der Waals surface area contributed by atoms with Crippen LogP contribution in [0.2, 0.25) is 0 Å². The summed E-state index contributed by atoms with van der Waals surface area (Å²) >= 11 is 0. The van der Waals surface area contributed by atoms with E-state index in [-0.39, 0.29) is 12.4 Å². The first-order chi connectivity index (χ1) is 20.8. The van der Waals surface area contributed by atoms with Crippen LogP contribution in [0.3, 0.4) is 0 Å². The van der Waals surface area contributed by atoms with Gasteiger partial charge in [0.25, 0.3) is 0 Å². The van der Waals surface area contributed by atoms with Crippen LogP contribution < -0.4 is 4.74 Å². The molecule has 4 aromatic rings. The van der Waals surface area contributed by atoms with Gasteiger partial charge in [-0.2, -0.15) is 5.10 Å². The van der Waals surface area contributed by atoms with Crippen molar-refractivity contribution in [3.8, 4) is 11.4 Å². The fraction of sp³-hybridized carbons (Fsp3) is 0.343. The Balaban J connectivity index is 1.36. The minimum absolute atomic E-state index is 0.167. The van der Waals surface area contributed by atoms with Gasteiger partial charge in [-0.25, -0.2) is 9.07 Å². The van der Waals surface area contributed by atoms with Gasteiger partial charge in [-0.15, -0.1) is 0 Å². The van der Waals surface area contributed by atoms with Crippen molar-refractivity contribution < 1.29 is 23.5 Å². The van der Waals surface area contributed by atoms with Crippen LogP contribution in [0.25, 0.3) is 5.69 Å². The largest absolute Gasteiger partial charge is 0.489 e. The fourth-order valence-electron chi connectivity index (χ4n) is 4.89. The molecule has 43 heavy (non-hydrogen) atoms. The van der Waals surface area contributed by atoms with Crippen molar-refractivity contribution in [3.05, 3.63) is 113 Å². The molecule has 4 rings (SSSR count). The van der Waals surface area contributed by atoms with Crippen LogP contribution in [0.15, 0.2) is 84.1 Å². The first-order valence-corrected chi connectivity index (χ1v) is 14.6. The number of rotatable bonds is 14. The van der Waals surface area contributed by atoms with Crippen molar-refractivity contribution >= 4 is 11.7 Å². The molecule has 0 aliphatic carbocycles. The van der Waals surface area contributed by atoms with Crippen LogP contribution in [0, 0.1) is 17.7 Å². The molecule has 0 N–H and O–H groups in total. The van der Waals surface area contributed by atoms with E-state index in [4.69, 9.17) is 14.3 Å². The molecule has 1 heterocycles. The number of carbonyl (C=O) groups excluding carboxylic acids is 1. The van der Waals surface area contributed by atoms with E-state index in [1.807, 2.05) is 35.1 Å². The number of hydrogen-bond donors (Lipinski definition) is 0. The normalized spacial score (nSPS) is 12.3. The van der Waals surface area contributed by atoms with E-state index in [1.54, 1.807) is 19.1 Å². The van der Waals surface area contributed by atoms with Gasteiger partial charge in [0.05, 0.1) is 30.4 Å². The first-order valence-electron chi connectivity index (χ1n) is 14.6. The lowest BCUT2D eigenvalue weighted by Crippen LogP contribution is -2.26. The molecule has 3 aromatic carbocycles. The van der Waals surface area contributed by atoms with E-state index >= 15 is 0 Å². The molecule has 0 spiro atoms. The number of oxime groups is 1. The highest BCUT2D eigenvalue weighted by molar-refractivity contribution is 6.00. The molecular formula is C35H40FN3O4. The van der Waals surface area contributed by atoms with Gasteiger partial charge in [0.2, 0.25) is 0 Å². The second-order valence-corrected chi connectivity index (χ2v) is 11.0. The molecule has 1 unspecified atom stereocenters. The molecule has 0 saturated heterocycles. The van der Waals surface area contributed by atoms with E-state index in [9.17, 15) is 9.18 Å². The number of esters is 1. The number of methoxy groups -OCH3 is 1. The lowest BCUT2D eigenvalue weighted by Gasteiger charge is -2.15. The van der Waals surface area contributed by atoms with Gasteiger partial charge in [-0.1, -0.05) is 62.3 Å². The van der Waals surface area contributed by atoms with Crippen molar-refractivity contribution in [2.75, 3.05) is 7.11 Å². The summed E-state index contributed by atoms with van der Waals surface area (Å²) in [5.74, 6) is 0.0183. The van der Waals surface area contributed by atoms with Crippen molar-refractivity contribution in [2.45, 2.75) is 60.2 Å². The second-order valence-electron chi connectivity index (χ2n) is 11.0. The Labute approximate surface area is 253 Å². The molecule has 0 radical (unpaired) electrons. The Morgan fingerprint density at radius 3 is 2.16 bits per heavy atom. The summed E-state index contributed by atoms with van der Waals surface area (Å²) in [7, 11) is 1.35. The average Bonchev–Trinajstić information content (AvgIpc) is 3.43. The second kappa shape index (κ2) is 15.1. The molecule has 0 aliphatic heterocycles. The van der Waals surface area contributed by atoms with Crippen molar-refractivity contribution in [3.63, 3.8) is 0 Å². The van der Waals surface area contributed by atoms with Crippen LogP contribution in [0.4, 0.5) is 4.39 Å². The SMILES string of the molecule is CCc1c(COc2ccc(CC(C(=O)OC)/C(C)=N/OCc3ccc(F)cc3)cc2)cnn1-c1ccc(CC(C)C)cc1. The number of benzene rings is 3. The topological polar surface area (TPSA) is 74.9 Å². The van der Waals surface area contributed by atoms with Crippen LogP contribution >= 0.6 is 0 Å². The van der Waals surface area contributed by atoms with Crippen LogP contribution in [0.5, 0.6) is 5.75 Å². The molecule has 0 saturated carbocycles. The molecular weight excluding hydrogens is 545 g/mol. The predicted octanol–water partition coefficient (Wildman–Crippen LogP) is 7.28. The van der Waals surface area contributed by atoms with E-state index < -0.39 is 11.9 Å². The van der Waals surface area contributed by atoms with Gasteiger partial charge >= 0.3 is 5.97 Å². The quantitative estimate of drug-likeness (QED) is 0.0884. The zero-order chi connectivity index (χ0) is 30.8. The molecule has 0 bridgehead atoms. The fourth-order valence-corrected chi connectivity index (χ4v) is 4.89. The van der Waals surface area contributed by atoms with Crippen LogP contribution in [-0.2, 0) is 46.8 Å². The van der Waals surface area contributed by atoms with Gasteiger partial charge in [-0.3, -0.25) is 4.79 Å². The molecule has 1 atom stereocenters. The standard InChI is InChI=1S/C35H40FN3O4/c1-6-34-29(21-37-39(34)31-15-9-26(10-16-31)19-24(2)3)23-42-32-17-11-27(12-18-32)20-33(35(40)41-5)25(4)38-43-22-28-7-13-30(36)14-8-28/h7-18,21,24,33H,6,19-20,22-23H2,1-5H3/b38-25+. The third-order valence-corrected chi connectivity index (χ3v) is 7.22. The number of halogens is 1. The summed E-state index contributed by atoms with van der Waals surface area (Å²) < 4.78 is 26.2. The van der Waals surface area contributed by atoms with E-state index in [0.717, 1.165) is 46.7 Å². The smallest absolute Gasteiger partial charge is 0.314 e. The lowest BCUT2D eigenvalue weighted by molar-refractivity contribution is -0.143. The number of carbonyl (C=O) groups is 1. The van der Waals surface area contributed by atoms with Gasteiger partial charge in [-0.05, 0) is 85.2 Å². The summed E-state index contributed by atoms with van der Waals surface area (Å²) in [4.78, 5) is 18.0. The summed E-state index contributed by atoms with van der Waals surface area (Å²) in [6, 6.07) is 22.2. The number of aromatic nitrogens is 2. The molecule has 8 heteroatoms. The maximum absolute atomic E-state index is 13.1. The highest BCUT2D eigenvalue weighted by Crippen LogP contribution is 2.22. The third-order valence-electron chi connectivity index (χ3n) is 7.22. The van der Waals surface area contributed by atoms with Crippen LogP contribution in [-0.4, -0.2) is 28.6 Å². The zero-order valence-electron chi connectivity index (χ0n) is 25.5. The number of hydrogen-bond acceptors (Lipinski definition) is 6. The van der Waals surface area contributed by atoms with Crippen LogP contribution in [0.1, 0.15) is 55.6 Å². The number of nitrogens with zero attached hydrogens (tertiary/aromatic N) is 3. The highest BCUT2D eigenvalue weighted by Gasteiger charge is 2.24. The maximum Gasteiger partial charge on any atom is 0.314 e. The van der Waals surface area contributed by atoms with Gasteiger partial charge in [0.15, 0.2) is 0 Å². The Morgan fingerprint density at radius 2 is 1.53 bits per heavy atom. The van der Waals surface area contributed by atoms with Gasteiger partial charge in [0.1, 0.15) is 30.7 Å². The number of ether oxygens (including phenoxy) is 2. The Kier molecular flexibility index (Phi) is 11.1. The molecule has 0 aliphatic rings. The van der Waals surface area contributed by atoms with E-state index in [2.05, 4.69) is 55.3 Å². The summed E-state index contributed by atoms with van der Waals surface area (Å²) in [6.07, 6.45) is 4.15. The van der Waals surface area contributed by atoms with Gasteiger partial charge < -0.3 is 14.3 Å². The molecule has 226 valence electrons. The summed E-state index contributed by atoms with van der Waals surface area (Å²) in [5.41, 5.74) is 6.72. The minimum atomic E-state index is -0.609. The third kappa shape index (κ3) is 8.77. The predicted molar refractivity (Wildman–Crippen MR) is 166 cm³/mol. The zero-order valence-corrected chi connectivity index (χ0v) is 25.5. The summed E-state index contributed by atoms with van der Waals surface area (Å²) in [5, 5.41) is 8.78. The maximum atomic E-state index is 13.1. The minimum Gasteiger partial charge on any atom is -0.489 e. The average molecular weight is 586 g/mol. The van der Waals surface area contributed by atoms with Crippen molar-refractivity contribution in [2.24, 2.45) is 17.0 Å². The summed E-state index contributed by atoms with van der Waals surface area (Å²) in [6.45, 7) is 8.87. The monoisotopic (exact) mass is 585 g/mol. The molecule has 0 fully saturated rings. The first kappa shape index (κ1) is 31.5. The Bertz CT molecular complexity index is 1490. The molecule has 7 nitrogen and oxygen atoms in total. The van der Waals surface area contributed by atoms with E-state index in [0.29, 0.717) is 24.7 Å². The Hall–Kier alpha value is -4.46. The Morgan fingerprint density at radius 1 is 0.907 bits per heavy atom. The molecule has 1 aromatic heterocycles. The highest BCUT2D eigenvalue weighted by atomic mass is 19.1. The van der Waals surface area contributed by atoms with E-state index in [1.165, 1.54) is 24.8 Å². The van der Waals surface area contributed by atoms with Crippen molar-refractivity contribution in [1.82, 2.24) is 9.78 Å². The molecule has 0 amide bonds. The lowest BCUT2D eigenvalue weighted by atomic mass is 9.95. The van der Waals surface area contributed by atoms with Gasteiger partial charge in [0, 0.05) is 5.56 Å².